The number of urea groups is 1. The standard InChI is InChI=1S/C15H21N3O2/c1-20-14-7-4-6-13(12-14)17-15(19)16-8-5-11-18-9-2-3-10-18/h2-4,6-7,12H,5,8-11H2,1H3,(H2,16,17,19). The first-order valence-electron chi connectivity index (χ1n) is 6.84. The number of amides is 2. The number of carbonyl (C=O) groups excluding carboxylic acids is 1. The van der Waals surface area contributed by atoms with E-state index in [9.17, 15) is 4.79 Å². The maximum atomic E-state index is 11.7. The Kier molecular flexibility index (Phi) is 5.43. The zero-order chi connectivity index (χ0) is 14.2. The van der Waals surface area contributed by atoms with Crippen LogP contribution in [-0.2, 0) is 0 Å². The first-order chi connectivity index (χ1) is 9.78. The van der Waals surface area contributed by atoms with Crippen molar-refractivity contribution in [3.05, 3.63) is 36.4 Å². The Hall–Kier alpha value is -2.01. The number of anilines is 1. The van der Waals surface area contributed by atoms with Crippen LogP contribution in [0.15, 0.2) is 36.4 Å². The predicted molar refractivity (Wildman–Crippen MR) is 80.2 cm³/mol. The largest absolute Gasteiger partial charge is 0.497 e. The Labute approximate surface area is 119 Å². The van der Waals surface area contributed by atoms with Gasteiger partial charge in [0.25, 0.3) is 0 Å². The van der Waals surface area contributed by atoms with Crippen LogP contribution in [0.2, 0.25) is 0 Å². The fourth-order valence-electron chi connectivity index (χ4n) is 2.09. The van der Waals surface area contributed by atoms with Gasteiger partial charge in [-0.25, -0.2) is 4.79 Å². The summed E-state index contributed by atoms with van der Waals surface area (Å²) in [7, 11) is 1.60. The summed E-state index contributed by atoms with van der Waals surface area (Å²) in [6, 6.07) is 7.12. The highest BCUT2D eigenvalue weighted by Crippen LogP contribution is 2.16. The summed E-state index contributed by atoms with van der Waals surface area (Å²) in [4.78, 5) is 14.1. The number of rotatable bonds is 6. The average molecular weight is 275 g/mol. The molecule has 108 valence electrons. The molecule has 0 radical (unpaired) electrons. The van der Waals surface area contributed by atoms with Crippen LogP contribution in [0.3, 0.4) is 0 Å². The summed E-state index contributed by atoms with van der Waals surface area (Å²) in [5, 5.41) is 5.64. The number of nitrogens with one attached hydrogen (secondary N) is 2. The summed E-state index contributed by atoms with van der Waals surface area (Å²) < 4.78 is 5.11. The Morgan fingerprint density at radius 2 is 2.15 bits per heavy atom. The van der Waals surface area contributed by atoms with Crippen LogP contribution in [0.5, 0.6) is 5.75 Å². The van der Waals surface area contributed by atoms with Crippen molar-refractivity contribution in [2.24, 2.45) is 0 Å². The van der Waals surface area contributed by atoms with Gasteiger partial charge in [0.1, 0.15) is 5.75 Å². The SMILES string of the molecule is COc1cccc(NC(=O)NCCCN2CC=CC2)c1. The molecule has 1 aromatic carbocycles. The Morgan fingerprint density at radius 3 is 2.90 bits per heavy atom. The van der Waals surface area contributed by atoms with E-state index >= 15 is 0 Å². The van der Waals surface area contributed by atoms with Crippen molar-refractivity contribution >= 4 is 11.7 Å². The lowest BCUT2D eigenvalue weighted by Crippen LogP contribution is -2.32. The molecule has 0 saturated heterocycles. The lowest BCUT2D eigenvalue weighted by atomic mass is 10.3. The van der Waals surface area contributed by atoms with E-state index in [4.69, 9.17) is 4.74 Å². The molecular weight excluding hydrogens is 254 g/mol. The minimum absolute atomic E-state index is 0.183. The molecule has 1 aromatic rings. The van der Waals surface area contributed by atoms with Gasteiger partial charge in [0, 0.05) is 37.9 Å². The minimum atomic E-state index is -0.183. The maximum Gasteiger partial charge on any atom is 0.319 e. The smallest absolute Gasteiger partial charge is 0.319 e. The topological polar surface area (TPSA) is 53.6 Å². The second-order valence-corrected chi connectivity index (χ2v) is 4.70. The lowest BCUT2D eigenvalue weighted by molar-refractivity contribution is 0.251. The van der Waals surface area contributed by atoms with Crippen LogP contribution in [0.4, 0.5) is 10.5 Å². The van der Waals surface area contributed by atoms with E-state index in [1.54, 1.807) is 13.2 Å². The zero-order valence-electron chi connectivity index (χ0n) is 11.8. The molecule has 0 fully saturated rings. The van der Waals surface area contributed by atoms with Crippen LogP contribution in [-0.4, -0.2) is 44.2 Å². The number of nitrogens with zero attached hydrogens (tertiary/aromatic N) is 1. The number of carbonyl (C=O) groups is 1. The van der Waals surface area contributed by atoms with Gasteiger partial charge in [-0.2, -0.15) is 0 Å². The molecule has 0 aliphatic carbocycles. The van der Waals surface area contributed by atoms with Gasteiger partial charge in [-0.1, -0.05) is 18.2 Å². The number of hydrogen-bond donors (Lipinski definition) is 2. The highest BCUT2D eigenvalue weighted by molar-refractivity contribution is 5.89. The van der Waals surface area contributed by atoms with Crippen molar-refractivity contribution in [2.75, 3.05) is 38.6 Å². The van der Waals surface area contributed by atoms with Gasteiger partial charge in [0.15, 0.2) is 0 Å². The molecule has 0 unspecified atom stereocenters. The zero-order valence-corrected chi connectivity index (χ0v) is 11.8. The van der Waals surface area contributed by atoms with Gasteiger partial charge in [-0.15, -0.1) is 0 Å². The van der Waals surface area contributed by atoms with Crippen molar-refractivity contribution in [2.45, 2.75) is 6.42 Å². The number of benzene rings is 1. The Morgan fingerprint density at radius 1 is 1.35 bits per heavy atom. The molecule has 0 atom stereocenters. The highest BCUT2D eigenvalue weighted by atomic mass is 16.5. The van der Waals surface area contributed by atoms with Crippen LogP contribution < -0.4 is 15.4 Å². The van der Waals surface area contributed by atoms with Gasteiger partial charge < -0.3 is 15.4 Å². The van der Waals surface area contributed by atoms with Crippen molar-refractivity contribution in [1.82, 2.24) is 10.2 Å². The summed E-state index contributed by atoms with van der Waals surface area (Å²) in [6.45, 7) is 3.73. The first-order valence-corrected chi connectivity index (χ1v) is 6.84. The highest BCUT2D eigenvalue weighted by Gasteiger charge is 2.06. The van der Waals surface area contributed by atoms with Gasteiger partial charge in [0.05, 0.1) is 7.11 Å². The molecule has 2 rings (SSSR count). The van der Waals surface area contributed by atoms with E-state index in [1.807, 2.05) is 18.2 Å². The van der Waals surface area contributed by atoms with Crippen LogP contribution >= 0.6 is 0 Å². The molecule has 1 aliphatic rings. The van der Waals surface area contributed by atoms with Gasteiger partial charge in [-0.05, 0) is 18.6 Å². The fourth-order valence-corrected chi connectivity index (χ4v) is 2.09. The van der Waals surface area contributed by atoms with E-state index in [0.29, 0.717) is 6.54 Å². The van der Waals surface area contributed by atoms with E-state index in [0.717, 1.165) is 37.5 Å². The third-order valence-electron chi connectivity index (χ3n) is 3.16. The number of ether oxygens (including phenoxy) is 1. The predicted octanol–water partition coefficient (Wildman–Crippen LogP) is 2.08. The van der Waals surface area contributed by atoms with Crippen molar-refractivity contribution in [1.29, 1.82) is 0 Å². The summed E-state index contributed by atoms with van der Waals surface area (Å²) >= 11 is 0. The molecule has 2 amide bonds. The lowest BCUT2D eigenvalue weighted by Gasteiger charge is -2.14. The molecule has 0 bridgehead atoms. The summed E-state index contributed by atoms with van der Waals surface area (Å²) in [6.07, 6.45) is 5.29. The normalized spacial score (nSPS) is 14.2. The number of methoxy groups -OCH3 is 1. The molecule has 0 saturated carbocycles. The molecule has 0 aromatic heterocycles. The molecule has 1 heterocycles. The molecular formula is C15H21N3O2. The average Bonchev–Trinajstić information content (AvgIpc) is 2.97. The van der Waals surface area contributed by atoms with E-state index < -0.39 is 0 Å². The monoisotopic (exact) mass is 275 g/mol. The van der Waals surface area contributed by atoms with Crippen LogP contribution in [0.1, 0.15) is 6.42 Å². The van der Waals surface area contributed by atoms with Crippen molar-refractivity contribution in [3.63, 3.8) is 0 Å². The van der Waals surface area contributed by atoms with Crippen molar-refractivity contribution < 1.29 is 9.53 Å². The van der Waals surface area contributed by atoms with E-state index in [2.05, 4.69) is 27.7 Å². The molecule has 2 N–H and O–H groups in total. The molecule has 5 nitrogen and oxygen atoms in total. The second kappa shape index (κ2) is 7.55. The van der Waals surface area contributed by atoms with E-state index in [-0.39, 0.29) is 6.03 Å². The summed E-state index contributed by atoms with van der Waals surface area (Å²) in [5.41, 5.74) is 0.727. The quantitative estimate of drug-likeness (QED) is 0.617. The third kappa shape index (κ3) is 4.59. The van der Waals surface area contributed by atoms with Crippen LogP contribution in [0, 0.1) is 0 Å². The van der Waals surface area contributed by atoms with Crippen molar-refractivity contribution in [3.8, 4) is 5.75 Å². The first kappa shape index (κ1) is 14.4. The van der Waals surface area contributed by atoms with E-state index in [1.165, 1.54) is 0 Å². The van der Waals surface area contributed by atoms with Gasteiger partial charge in [-0.3, -0.25) is 4.90 Å². The summed E-state index contributed by atoms with van der Waals surface area (Å²) in [5.74, 6) is 0.726. The molecule has 1 aliphatic heterocycles. The third-order valence-corrected chi connectivity index (χ3v) is 3.16. The maximum absolute atomic E-state index is 11.7. The fraction of sp³-hybridized carbons (Fsp3) is 0.400. The Balaban J connectivity index is 1.64. The minimum Gasteiger partial charge on any atom is -0.497 e. The van der Waals surface area contributed by atoms with Gasteiger partial charge >= 0.3 is 6.03 Å². The van der Waals surface area contributed by atoms with Crippen LogP contribution in [0.25, 0.3) is 0 Å². The molecule has 0 spiro atoms. The number of hydrogen-bond acceptors (Lipinski definition) is 3. The molecule has 20 heavy (non-hydrogen) atoms. The Bertz CT molecular complexity index is 466. The second-order valence-electron chi connectivity index (χ2n) is 4.70. The molecule has 5 heteroatoms. The van der Waals surface area contributed by atoms with Gasteiger partial charge in [0.2, 0.25) is 0 Å².